The molecular formula is C11H15N5O2. The molecule has 0 bridgehead atoms. The fraction of sp³-hybridized carbons (Fsp3) is 0.545. The molecule has 18 heavy (non-hydrogen) atoms. The molecule has 0 aliphatic carbocycles. The molecule has 1 fully saturated rings. The molecular weight excluding hydrogens is 234 g/mol. The van der Waals surface area contributed by atoms with Crippen molar-refractivity contribution in [1.82, 2.24) is 25.0 Å². The topological polar surface area (TPSA) is 89.0 Å². The Balaban J connectivity index is 1.92. The number of aryl methyl sites for hydroxylation is 1. The van der Waals surface area contributed by atoms with Gasteiger partial charge in [-0.25, -0.2) is 4.98 Å². The number of aliphatic hydroxyl groups is 1. The lowest BCUT2D eigenvalue weighted by atomic mass is 9.94. The SMILES string of the molecule is Cn1ccnc1-c1noc(C2(O)CCCNC2)n1. The van der Waals surface area contributed by atoms with Gasteiger partial charge in [0.25, 0.3) is 5.89 Å². The molecule has 0 aromatic carbocycles. The van der Waals surface area contributed by atoms with Gasteiger partial charge in [-0.05, 0) is 19.4 Å². The summed E-state index contributed by atoms with van der Waals surface area (Å²) in [6.07, 6.45) is 4.99. The van der Waals surface area contributed by atoms with Crippen LogP contribution in [0.1, 0.15) is 18.7 Å². The zero-order chi connectivity index (χ0) is 12.6. The Morgan fingerprint density at radius 3 is 3.11 bits per heavy atom. The second-order valence-corrected chi connectivity index (χ2v) is 4.60. The molecule has 1 saturated heterocycles. The van der Waals surface area contributed by atoms with Crippen molar-refractivity contribution in [2.45, 2.75) is 18.4 Å². The first-order valence-electron chi connectivity index (χ1n) is 5.94. The Labute approximate surface area is 104 Å². The smallest absolute Gasteiger partial charge is 0.260 e. The molecule has 0 saturated carbocycles. The maximum atomic E-state index is 10.4. The molecule has 96 valence electrons. The van der Waals surface area contributed by atoms with E-state index < -0.39 is 5.60 Å². The molecule has 3 heterocycles. The normalized spacial score (nSPS) is 24.3. The van der Waals surface area contributed by atoms with E-state index in [4.69, 9.17) is 4.52 Å². The second kappa shape index (κ2) is 4.18. The Morgan fingerprint density at radius 1 is 1.56 bits per heavy atom. The zero-order valence-electron chi connectivity index (χ0n) is 10.1. The highest BCUT2D eigenvalue weighted by Crippen LogP contribution is 2.28. The van der Waals surface area contributed by atoms with Gasteiger partial charge in [-0.15, -0.1) is 0 Å². The summed E-state index contributed by atoms with van der Waals surface area (Å²) in [6, 6.07) is 0. The summed E-state index contributed by atoms with van der Waals surface area (Å²) in [7, 11) is 1.86. The monoisotopic (exact) mass is 249 g/mol. The Hall–Kier alpha value is -1.73. The number of piperidine rings is 1. The summed E-state index contributed by atoms with van der Waals surface area (Å²) in [6.45, 7) is 1.35. The molecule has 2 aromatic rings. The van der Waals surface area contributed by atoms with E-state index in [1.165, 1.54) is 0 Å². The van der Waals surface area contributed by atoms with E-state index in [1.54, 1.807) is 10.8 Å². The van der Waals surface area contributed by atoms with Crippen LogP contribution in [0.15, 0.2) is 16.9 Å². The van der Waals surface area contributed by atoms with E-state index in [2.05, 4.69) is 20.4 Å². The molecule has 1 atom stereocenters. The zero-order valence-corrected chi connectivity index (χ0v) is 10.1. The highest BCUT2D eigenvalue weighted by atomic mass is 16.5. The largest absolute Gasteiger partial charge is 0.379 e. The summed E-state index contributed by atoms with van der Waals surface area (Å²) in [5.74, 6) is 1.28. The van der Waals surface area contributed by atoms with Crippen molar-refractivity contribution in [1.29, 1.82) is 0 Å². The maximum absolute atomic E-state index is 10.4. The van der Waals surface area contributed by atoms with Crippen LogP contribution in [-0.2, 0) is 12.6 Å². The van der Waals surface area contributed by atoms with Crippen molar-refractivity contribution in [3.8, 4) is 11.6 Å². The van der Waals surface area contributed by atoms with Gasteiger partial charge in [0, 0.05) is 26.0 Å². The molecule has 7 nitrogen and oxygen atoms in total. The lowest BCUT2D eigenvalue weighted by Crippen LogP contribution is -2.43. The molecule has 7 heteroatoms. The van der Waals surface area contributed by atoms with Crippen LogP contribution < -0.4 is 5.32 Å². The number of aromatic nitrogens is 4. The standard InChI is InChI=1S/C11H15N5O2/c1-16-6-5-13-9(16)8-14-10(18-15-8)11(17)3-2-4-12-7-11/h5-6,12,17H,2-4,7H2,1H3. The quantitative estimate of drug-likeness (QED) is 0.781. The minimum absolute atomic E-state index is 0.257. The fourth-order valence-corrected chi connectivity index (χ4v) is 2.16. The molecule has 3 rings (SSSR count). The van der Waals surface area contributed by atoms with Gasteiger partial charge < -0.3 is 19.5 Å². The number of hydrogen-bond donors (Lipinski definition) is 2. The average molecular weight is 249 g/mol. The van der Waals surface area contributed by atoms with Crippen LogP contribution in [-0.4, -0.2) is 37.9 Å². The molecule has 0 radical (unpaired) electrons. The number of nitrogens with zero attached hydrogens (tertiary/aromatic N) is 4. The van der Waals surface area contributed by atoms with E-state index in [1.807, 2.05) is 13.2 Å². The van der Waals surface area contributed by atoms with Gasteiger partial charge >= 0.3 is 0 Å². The highest BCUT2D eigenvalue weighted by Gasteiger charge is 2.37. The van der Waals surface area contributed by atoms with E-state index in [-0.39, 0.29) is 5.89 Å². The van der Waals surface area contributed by atoms with Crippen LogP contribution in [0.4, 0.5) is 0 Å². The number of nitrogens with one attached hydrogen (secondary N) is 1. The highest BCUT2D eigenvalue weighted by molar-refractivity contribution is 5.42. The third kappa shape index (κ3) is 1.81. The van der Waals surface area contributed by atoms with Crippen molar-refractivity contribution in [2.75, 3.05) is 13.1 Å². The predicted octanol–water partition coefficient (Wildman–Crippen LogP) is 0.0411. The lowest BCUT2D eigenvalue weighted by molar-refractivity contribution is -0.0167. The van der Waals surface area contributed by atoms with Crippen molar-refractivity contribution in [3.05, 3.63) is 18.3 Å². The van der Waals surface area contributed by atoms with E-state index in [0.29, 0.717) is 24.6 Å². The summed E-state index contributed by atoms with van der Waals surface area (Å²) >= 11 is 0. The first-order chi connectivity index (χ1) is 8.69. The third-order valence-corrected chi connectivity index (χ3v) is 3.21. The predicted molar refractivity (Wildman–Crippen MR) is 62.5 cm³/mol. The molecule has 2 N–H and O–H groups in total. The van der Waals surface area contributed by atoms with Crippen LogP contribution in [0.25, 0.3) is 11.6 Å². The van der Waals surface area contributed by atoms with Crippen LogP contribution in [0.5, 0.6) is 0 Å². The van der Waals surface area contributed by atoms with Crippen LogP contribution in [0.2, 0.25) is 0 Å². The summed E-state index contributed by atoms with van der Waals surface area (Å²) in [4.78, 5) is 8.41. The summed E-state index contributed by atoms with van der Waals surface area (Å²) < 4.78 is 6.98. The number of β-amino-alcohol motifs (C(OH)–C–C–N with tert-alkyl or cyclic N) is 1. The number of imidazole rings is 1. The summed E-state index contributed by atoms with van der Waals surface area (Å²) in [5, 5.41) is 17.5. The van der Waals surface area contributed by atoms with Gasteiger partial charge in [0.1, 0.15) is 0 Å². The van der Waals surface area contributed by atoms with E-state index in [0.717, 1.165) is 13.0 Å². The summed E-state index contributed by atoms with van der Waals surface area (Å²) in [5.41, 5.74) is -1.06. The Kier molecular flexibility index (Phi) is 2.64. The molecule has 0 spiro atoms. The van der Waals surface area contributed by atoms with Crippen molar-refractivity contribution < 1.29 is 9.63 Å². The average Bonchev–Trinajstić information content (AvgIpc) is 2.98. The molecule has 1 aliphatic heterocycles. The van der Waals surface area contributed by atoms with Gasteiger partial charge in [0.05, 0.1) is 0 Å². The van der Waals surface area contributed by atoms with Crippen LogP contribution in [0.3, 0.4) is 0 Å². The van der Waals surface area contributed by atoms with Gasteiger partial charge in [0.15, 0.2) is 11.4 Å². The van der Waals surface area contributed by atoms with Crippen molar-refractivity contribution >= 4 is 0 Å². The van der Waals surface area contributed by atoms with Crippen LogP contribution in [0, 0.1) is 0 Å². The van der Waals surface area contributed by atoms with E-state index >= 15 is 0 Å². The van der Waals surface area contributed by atoms with Crippen molar-refractivity contribution in [3.63, 3.8) is 0 Å². The second-order valence-electron chi connectivity index (χ2n) is 4.60. The fourth-order valence-electron chi connectivity index (χ4n) is 2.16. The first kappa shape index (κ1) is 11.4. The van der Waals surface area contributed by atoms with Gasteiger partial charge in [0.2, 0.25) is 5.82 Å². The molecule has 1 unspecified atom stereocenters. The Morgan fingerprint density at radius 2 is 2.44 bits per heavy atom. The minimum Gasteiger partial charge on any atom is -0.379 e. The first-order valence-corrected chi connectivity index (χ1v) is 5.94. The Bertz CT molecular complexity index is 541. The van der Waals surface area contributed by atoms with Gasteiger partial charge in [-0.3, -0.25) is 0 Å². The van der Waals surface area contributed by atoms with Crippen LogP contribution >= 0.6 is 0 Å². The van der Waals surface area contributed by atoms with Crippen molar-refractivity contribution in [2.24, 2.45) is 7.05 Å². The number of hydrogen-bond acceptors (Lipinski definition) is 6. The lowest BCUT2D eigenvalue weighted by Gasteiger charge is -2.28. The van der Waals surface area contributed by atoms with Gasteiger partial charge in [-0.2, -0.15) is 4.98 Å². The van der Waals surface area contributed by atoms with Gasteiger partial charge in [-0.1, -0.05) is 5.16 Å². The maximum Gasteiger partial charge on any atom is 0.260 e. The third-order valence-electron chi connectivity index (χ3n) is 3.21. The van der Waals surface area contributed by atoms with E-state index in [9.17, 15) is 5.11 Å². The molecule has 2 aromatic heterocycles. The minimum atomic E-state index is -1.06. The molecule has 1 aliphatic rings. The molecule has 0 amide bonds. The number of rotatable bonds is 2.